The summed E-state index contributed by atoms with van der Waals surface area (Å²) >= 11 is 0. The molecule has 1 rings (SSSR count). The van der Waals surface area contributed by atoms with Gasteiger partial charge in [0.15, 0.2) is 11.5 Å². The van der Waals surface area contributed by atoms with E-state index >= 15 is 0 Å². The number of benzene rings is 1. The lowest BCUT2D eigenvalue weighted by molar-refractivity contribution is -0.146. The van der Waals surface area contributed by atoms with E-state index in [1.54, 1.807) is 33.3 Å². The maximum atomic E-state index is 11.5. The number of rotatable bonds is 8. The summed E-state index contributed by atoms with van der Waals surface area (Å²) < 4.78 is 20.8. The first-order valence-corrected chi connectivity index (χ1v) is 6.67. The number of carbonyl (C=O) groups is 1. The van der Waals surface area contributed by atoms with Gasteiger partial charge in [-0.2, -0.15) is 0 Å². The Labute approximate surface area is 125 Å². The highest BCUT2D eigenvalue weighted by molar-refractivity contribution is 5.79. The van der Waals surface area contributed by atoms with Crippen molar-refractivity contribution in [2.75, 3.05) is 27.9 Å². The molecule has 0 aliphatic carbocycles. The van der Waals surface area contributed by atoms with Crippen LogP contribution in [0.4, 0.5) is 0 Å². The van der Waals surface area contributed by atoms with E-state index in [0.717, 1.165) is 0 Å². The van der Waals surface area contributed by atoms with Crippen LogP contribution in [0.5, 0.6) is 17.2 Å². The SMILES string of the molecule is COC(=O)C(C)(N)CCCOc1c(OC)cccc1OC. The Morgan fingerprint density at radius 3 is 2.24 bits per heavy atom. The lowest BCUT2D eigenvalue weighted by Gasteiger charge is -2.21. The first kappa shape index (κ1) is 17.1. The molecule has 1 aromatic carbocycles. The van der Waals surface area contributed by atoms with Gasteiger partial charge in [0.1, 0.15) is 5.54 Å². The lowest BCUT2D eigenvalue weighted by Crippen LogP contribution is -2.45. The van der Waals surface area contributed by atoms with Gasteiger partial charge in [0.05, 0.1) is 27.9 Å². The van der Waals surface area contributed by atoms with Gasteiger partial charge in [-0.15, -0.1) is 0 Å². The smallest absolute Gasteiger partial charge is 0.325 e. The van der Waals surface area contributed by atoms with Crippen LogP contribution in [0, 0.1) is 0 Å². The molecule has 6 nitrogen and oxygen atoms in total. The van der Waals surface area contributed by atoms with Crippen LogP contribution in [-0.2, 0) is 9.53 Å². The summed E-state index contributed by atoms with van der Waals surface area (Å²) in [6, 6.07) is 5.40. The third-order valence-corrected chi connectivity index (χ3v) is 3.12. The van der Waals surface area contributed by atoms with Gasteiger partial charge in [-0.3, -0.25) is 4.79 Å². The van der Waals surface area contributed by atoms with Crippen molar-refractivity contribution in [2.24, 2.45) is 5.73 Å². The van der Waals surface area contributed by atoms with Gasteiger partial charge in [-0.05, 0) is 31.9 Å². The zero-order valence-electron chi connectivity index (χ0n) is 13.0. The predicted molar refractivity (Wildman–Crippen MR) is 78.9 cm³/mol. The molecule has 21 heavy (non-hydrogen) atoms. The van der Waals surface area contributed by atoms with Gasteiger partial charge in [0, 0.05) is 0 Å². The molecular formula is C15H23NO5. The fraction of sp³-hybridized carbons (Fsp3) is 0.533. The highest BCUT2D eigenvalue weighted by Gasteiger charge is 2.28. The highest BCUT2D eigenvalue weighted by Crippen LogP contribution is 2.36. The van der Waals surface area contributed by atoms with Crippen LogP contribution in [0.1, 0.15) is 19.8 Å². The minimum atomic E-state index is -1.01. The zero-order chi connectivity index (χ0) is 15.9. The average Bonchev–Trinajstić information content (AvgIpc) is 2.50. The molecule has 0 saturated heterocycles. The maximum Gasteiger partial charge on any atom is 0.325 e. The molecule has 118 valence electrons. The highest BCUT2D eigenvalue weighted by atomic mass is 16.5. The van der Waals surface area contributed by atoms with Gasteiger partial charge >= 0.3 is 5.97 Å². The van der Waals surface area contributed by atoms with E-state index < -0.39 is 11.5 Å². The summed E-state index contributed by atoms with van der Waals surface area (Å²) in [5.74, 6) is 1.30. The molecule has 6 heteroatoms. The lowest BCUT2D eigenvalue weighted by atomic mass is 9.98. The molecule has 0 aromatic heterocycles. The second-order valence-corrected chi connectivity index (χ2v) is 4.85. The van der Waals surface area contributed by atoms with Crippen LogP contribution in [0.3, 0.4) is 0 Å². The molecule has 1 aromatic rings. The molecule has 1 unspecified atom stereocenters. The minimum Gasteiger partial charge on any atom is -0.493 e. The van der Waals surface area contributed by atoms with Gasteiger partial charge in [-0.25, -0.2) is 0 Å². The molecule has 0 aliphatic heterocycles. The molecule has 2 N–H and O–H groups in total. The Balaban J connectivity index is 2.59. The number of hydrogen-bond acceptors (Lipinski definition) is 6. The zero-order valence-corrected chi connectivity index (χ0v) is 13.0. The van der Waals surface area contributed by atoms with E-state index in [0.29, 0.717) is 36.7 Å². The molecule has 0 heterocycles. The number of nitrogens with two attached hydrogens (primary N) is 1. The van der Waals surface area contributed by atoms with Crippen LogP contribution in [0.2, 0.25) is 0 Å². The summed E-state index contributed by atoms with van der Waals surface area (Å²) in [5.41, 5.74) is 4.87. The third kappa shape index (κ3) is 4.53. The maximum absolute atomic E-state index is 11.5. The molecule has 0 amide bonds. The van der Waals surface area contributed by atoms with Crippen molar-refractivity contribution in [3.63, 3.8) is 0 Å². The van der Waals surface area contributed by atoms with E-state index in [2.05, 4.69) is 4.74 Å². The monoisotopic (exact) mass is 297 g/mol. The topological polar surface area (TPSA) is 80.0 Å². The fourth-order valence-corrected chi connectivity index (χ4v) is 1.91. The average molecular weight is 297 g/mol. The second kappa shape index (κ2) is 7.73. The van der Waals surface area contributed by atoms with Crippen LogP contribution < -0.4 is 19.9 Å². The van der Waals surface area contributed by atoms with Gasteiger partial charge in [0.25, 0.3) is 0 Å². The number of methoxy groups -OCH3 is 3. The second-order valence-electron chi connectivity index (χ2n) is 4.85. The predicted octanol–water partition coefficient (Wildman–Crippen LogP) is 1.75. The van der Waals surface area contributed by atoms with Crippen molar-refractivity contribution in [3.8, 4) is 17.2 Å². The van der Waals surface area contributed by atoms with Crippen molar-refractivity contribution >= 4 is 5.97 Å². The minimum absolute atomic E-state index is 0.389. The van der Waals surface area contributed by atoms with E-state index in [1.807, 2.05) is 6.07 Å². The fourth-order valence-electron chi connectivity index (χ4n) is 1.91. The van der Waals surface area contributed by atoms with Gasteiger partial charge in [-0.1, -0.05) is 6.07 Å². The number of esters is 1. The van der Waals surface area contributed by atoms with Crippen molar-refractivity contribution in [1.82, 2.24) is 0 Å². The molecule has 0 saturated carbocycles. The number of para-hydroxylation sites is 1. The van der Waals surface area contributed by atoms with Crippen molar-refractivity contribution in [2.45, 2.75) is 25.3 Å². The van der Waals surface area contributed by atoms with Crippen LogP contribution in [-0.4, -0.2) is 39.4 Å². The third-order valence-electron chi connectivity index (χ3n) is 3.12. The Morgan fingerprint density at radius 1 is 1.19 bits per heavy atom. The number of carbonyl (C=O) groups excluding carboxylic acids is 1. The van der Waals surface area contributed by atoms with E-state index in [-0.39, 0.29) is 0 Å². The Morgan fingerprint density at radius 2 is 1.76 bits per heavy atom. The van der Waals surface area contributed by atoms with Crippen LogP contribution in [0.15, 0.2) is 18.2 Å². The van der Waals surface area contributed by atoms with Crippen molar-refractivity contribution < 1.29 is 23.7 Å². The van der Waals surface area contributed by atoms with Crippen molar-refractivity contribution in [1.29, 1.82) is 0 Å². The molecule has 0 aliphatic rings. The summed E-state index contributed by atoms with van der Waals surface area (Å²) in [5, 5.41) is 0. The van der Waals surface area contributed by atoms with Crippen molar-refractivity contribution in [3.05, 3.63) is 18.2 Å². The normalized spacial score (nSPS) is 13.2. The Bertz CT molecular complexity index is 451. The Hall–Kier alpha value is -1.95. The summed E-state index contributed by atoms with van der Waals surface area (Å²) in [6.07, 6.45) is 1.06. The quantitative estimate of drug-likeness (QED) is 0.581. The Kier molecular flexibility index (Phi) is 6.30. The summed E-state index contributed by atoms with van der Waals surface area (Å²) in [4.78, 5) is 11.5. The number of ether oxygens (including phenoxy) is 4. The molecule has 0 spiro atoms. The molecular weight excluding hydrogens is 274 g/mol. The van der Waals surface area contributed by atoms with E-state index in [1.165, 1.54) is 7.11 Å². The summed E-state index contributed by atoms with van der Waals surface area (Å²) in [7, 11) is 4.45. The van der Waals surface area contributed by atoms with Gasteiger partial charge in [0.2, 0.25) is 5.75 Å². The standard InChI is InChI=1S/C15H23NO5/c1-15(16,14(17)20-4)9-6-10-21-13-11(18-2)7-5-8-12(13)19-3/h5,7-8H,6,9-10,16H2,1-4H3. The van der Waals surface area contributed by atoms with E-state index in [9.17, 15) is 4.79 Å². The largest absolute Gasteiger partial charge is 0.493 e. The molecule has 0 bridgehead atoms. The first-order valence-electron chi connectivity index (χ1n) is 6.67. The van der Waals surface area contributed by atoms with Gasteiger partial charge < -0.3 is 24.7 Å². The molecule has 0 radical (unpaired) electrons. The van der Waals surface area contributed by atoms with Crippen LogP contribution in [0.25, 0.3) is 0 Å². The molecule has 0 fully saturated rings. The molecule has 1 atom stereocenters. The summed E-state index contributed by atoms with van der Waals surface area (Å²) in [6.45, 7) is 2.03. The first-order chi connectivity index (χ1) is 9.96. The van der Waals surface area contributed by atoms with Crippen LogP contribution >= 0.6 is 0 Å². The van der Waals surface area contributed by atoms with E-state index in [4.69, 9.17) is 19.9 Å². The number of hydrogen-bond donors (Lipinski definition) is 1.